The van der Waals surface area contributed by atoms with Crippen molar-refractivity contribution in [2.24, 2.45) is 5.92 Å². The van der Waals surface area contributed by atoms with Gasteiger partial charge in [0.25, 0.3) is 0 Å². The molecule has 0 aliphatic heterocycles. The quantitative estimate of drug-likeness (QED) is 0.773. The van der Waals surface area contributed by atoms with Gasteiger partial charge in [0.1, 0.15) is 5.75 Å². The van der Waals surface area contributed by atoms with Crippen LogP contribution in [0.4, 0.5) is 0 Å². The zero-order valence-corrected chi connectivity index (χ0v) is 9.92. The number of nitrogens with zero attached hydrogens (tertiary/aromatic N) is 1. The molecule has 0 bridgehead atoms. The van der Waals surface area contributed by atoms with E-state index in [9.17, 15) is 0 Å². The van der Waals surface area contributed by atoms with Crippen LogP contribution in [0.3, 0.4) is 0 Å². The Hall–Kier alpha value is -1.49. The van der Waals surface area contributed by atoms with E-state index in [0.717, 1.165) is 23.8 Å². The fourth-order valence-electron chi connectivity index (χ4n) is 1.76. The van der Waals surface area contributed by atoms with E-state index < -0.39 is 0 Å². The van der Waals surface area contributed by atoms with Crippen molar-refractivity contribution >= 4 is 0 Å². The lowest BCUT2D eigenvalue weighted by molar-refractivity contribution is 0.295. The van der Waals surface area contributed by atoms with E-state index in [1.54, 1.807) is 0 Å². The molecule has 0 heterocycles. The average molecular weight is 215 g/mol. The van der Waals surface area contributed by atoms with Gasteiger partial charge < -0.3 is 4.74 Å². The first-order chi connectivity index (χ1) is 7.72. The van der Waals surface area contributed by atoms with E-state index in [4.69, 9.17) is 10.00 Å². The molecule has 16 heavy (non-hydrogen) atoms. The molecule has 1 aliphatic rings. The van der Waals surface area contributed by atoms with Gasteiger partial charge in [-0.2, -0.15) is 5.26 Å². The third-order valence-electron chi connectivity index (χ3n) is 3.19. The minimum Gasteiger partial charge on any atom is -0.493 e. The van der Waals surface area contributed by atoms with Gasteiger partial charge in [0.15, 0.2) is 0 Å². The molecule has 2 heteroatoms. The number of rotatable bonds is 4. The van der Waals surface area contributed by atoms with Crippen molar-refractivity contribution in [2.45, 2.75) is 33.1 Å². The summed E-state index contributed by atoms with van der Waals surface area (Å²) < 4.78 is 5.87. The standard InChI is InChI=1S/C14H17NO/c1-10-3-6-13(7-8-15)14(11(10)2)16-9-12-4-5-12/h3,6,12H,4-5,7,9H2,1-2H3. The summed E-state index contributed by atoms with van der Waals surface area (Å²) in [4.78, 5) is 0. The predicted octanol–water partition coefficient (Wildman–Crippen LogP) is 3.16. The van der Waals surface area contributed by atoms with Crippen molar-refractivity contribution in [1.82, 2.24) is 0 Å². The van der Waals surface area contributed by atoms with E-state index >= 15 is 0 Å². The first-order valence-electron chi connectivity index (χ1n) is 5.81. The number of hydrogen-bond donors (Lipinski definition) is 0. The number of aryl methyl sites for hydroxylation is 1. The zero-order valence-electron chi connectivity index (χ0n) is 9.92. The Kier molecular flexibility index (Phi) is 3.14. The summed E-state index contributed by atoms with van der Waals surface area (Å²) in [5.41, 5.74) is 3.42. The summed E-state index contributed by atoms with van der Waals surface area (Å²) >= 11 is 0. The molecule has 1 fully saturated rings. The molecule has 0 saturated heterocycles. The molecular formula is C14H17NO. The Balaban J connectivity index is 2.22. The number of nitriles is 1. The maximum Gasteiger partial charge on any atom is 0.126 e. The third kappa shape index (κ3) is 2.36. The predicted molar refractivity (Wildman–Crippen MR) is 63.5 cm³/mol. The molecule has 1 saturated carbocycles. The van der Waals surface area contributed by atoms with E-state index in [1.165, 1.54) is 24.0 Å². The molecule has 0 amide bonds. The Morgan fingerprint density at radius 1 is 1.38 bits per heavy atom. The van der Waals surface area contributed by atoms with Crippen LogP contribution in [0.2, 0.25) is 0 Å². The highest BCUT2D eigenvalue weighted by molar-refractivity contribution is 5.46. The summed E-state index contributed by atoms with van der Waals surface area (Å²) in [5.74, 6) is 1.68. The van der Waals surface area contributed by atoms with Crippen molar-refractivity contribution in [3.8, 4) is 11.8 Å². The molecule has 84 valence electrons. The van der Waals surface area contributed by atoms with Crippen molar-refractivity contribution < 1.29 is 4.74 Å². The fraction of sp³-hybridized carbons (Fsp3) is 0.500. The molecule has 0 atom stereocenters. The van der Waals surface area contributed by atoms with Crippen molar-refractivity contribution in [1.29, 1.82) is 5.26 Å². The van der Waals surface area contributed by atoms with Crippen molar-refractivity contribution in [3.63, 3.8) is 0 Å². The second-order valence-electron chi connectivity index (χ2n) is 4.58. The molecule has 1 aromatic rings. The molecule has 2 rings (SSSR count). The number of ether oxygens (including phenoxy) is 1. The lowest BCUT2D eigenvalue weighted by Gasteiger charge is -2.14. The second kappa shape index (κ2) is 4.57. The van der Waals surface area contributed by atoms with Crippen LogP contribution in [0.1, 0.15) is 29.5 Å². The topological polar surface area (TPSA) is 33.0 Å². The molecule has 0 unspecified atom stereocenters. The third-order valence-corrected chi connectivity index (χ3v) is 3.19. The Morgan fingerprint density at radius 2 is 2.12 bits per heavy atom. The molecule has 2 nitrogen and oxygen atoms in total. The second-order valence-corrected chi connectivity index (χ2v) is 4.58. The summed E-state index contributed by atoms with van der Waals surface area (Å²) in [6.07, 6.45) is 3.01. The van der Waals surface area contributed by atoms with Crippen LogP contribution in [0.15, 0.2) is 12.1 Å². The maximum absolute atomic E-state index is 8.79. The molecule has 0 spiro atoms. The van der Waals surface area contributed by atoms with Crippen LogP contribution in [-0.4, -0.2) is 6.61 Å². The maximum atomic E-state index is 8.79. The first kappa shape index (κ1) is 11.0. The van der Waals surface area contributed by atoms with Crippen LogP contribution in [0.25, 0.3) is 0 Å². The molecule has 0 radical (unpaired) electrons. The normalized spacial score (nSPS) is 14.6. The lowest BCUT2D eigenvalue weighted by atomic mass is 10.0. The minimum absolute atomic E-state index is 0.432. The van der Waals surface area contributed by atoms with E-state index in [2.05, 4.69) is 26.0 Å². The van der Waals surface area contributed by atoms with Gasteiger partial charge in [-0.05, 0) is 43.7 Å². The van der Waals surface area contributed by atoms with Gasteiger partial charge in [-0.25, -0.2) is 0 Å². The van der Waals surface area contributed by atoms with Crippen LogP contribution in [-0.2, 0) is 6.42 Å². The van der Waals surface area contributed by atoms with Gasteiger partial charge in [-0.3, -0.25) is 0 Å². The Labute approximate surface area is 96.9 Å². The van der Waals surface area contributed by atoms with Crippen LogP contribution < -0.4 is 4.74 Å². The molecule has 0 aromatic heterocycles. The van der Waals surface area contributed by atoms with Gasteiger partial charge in [-0.1, -0.05) is 12.1 Å². The molecule has 1 aliphatic carbocycles. The molecule has 1 aromatic carbocycles. The van der Waals surface area contributed by atoms with E-state index in [-0.39, 0.29) is 0 Å². The minimum atomic E-state index is 0.432. The van der Waals surface area contributed by atoms with Crippen molar-refractivity contribution in [3.05, 3.63) is 28.8 Å². The number of hydrogen-bond acceptors (Lipinski definition) is 2. The smallest absolute Gasteiger partial charge is 0.126 e. The highest BCUT2D eigenvalue weighted by atomic mass is 16.5. The van der Waals surface area contributed by atoms with E-state index in [1.807, 2.05) is 6.07 Å². The largest absolute Gasteiger partial charge is 0.493 e. The van der Waals surface area contributed by atoms with Gasteiger partial charge in [-0.15, -0.1) is 0 Å². The van der Waals surface area contributed by atoms with Crippen molar-refractivity contribution in [2.75, 3.05) is 6.61 Å². The number of benzene rings is 1. The average Bonchev–Trinajstić information content (AvgIpc) is 3.07. The summed E-state index contributed by atoms with van der Waals surface area (Å²) in [6, 6.07) is 6.26. The monoisotopic (exact) mass is 215 g/mol. The molecular weight excluding hydrogens is 198 g/mol. The van der Waals surface area contributed by atoms with Gasteiger partial charge in [0.05, 0.1) is 19.1 Å². The summed E-state index contributed by atoms with van der Waals surface area (Å²) in [7, 11) is 0. The zero-order chi connectivity index (χ0) is 11.5. The van der Waals surface area contributed by atoms with Crippen LogP contribution in [0.5, 0.6) is 5.75 Å². The Bertz CT molecular complexity index is 427. The van der Waals surface area contributed by atoms with Gasteiger partial charge in [0, 0.05) is 5.56 Å². The SMILES string of the molecule is Cc1ccc(CC#N)c(OCC2CC2)c1C. The highest BCUT2D eigenvalue weighted by Crippen LogP contribution is 2.32. The molecule has 0 N–H and O–H groups in total. The van der Waals surface area contributed by atoms with E-state index in [0.29, 0.717) is 6.42 Å². The highest BCUT2D eigenvalue weighted by Gasteiger charge is 2.22. The van der Waals surface area contributed by atoms with Gasteiger partial charge in [0.2, 0.25) is 0 Å². The first-order valence-corrected chi connectivity index (χ1v) is 5.81. The summed E-state index contributed by atoms with van der Waals surface area (Å²) in [6.45, 7) is 4.95. The lowest BCUT2D eigenvalue weighted by Crippen LogP contribution is -2.04. The summed E-state index contributed by atoms with van der Waals surface area (Å²) in [5, 5.41) is 8.79. The van der Waals surface area contributed by atoms with Gasteiger partial charge >= 0.3 is 0 Å². The fourth-order valence-corrected chi connectivity index (χ4v) is 1.76. The van der Waals surface area contributed by atoms with Crippen LogP contribution >= 0.6 is 0 Å². The Morgan fingerprint density at radius 3 is 2.75 bits per heavy atom. The van der Waals surface area contributed by atoms with Crippen LogP contribution in [0, 0.1) is 31.1 Å².